The van der Waals surface area contributed by atoms with Gasteiger partial charge >= 0.3 is 5.97 Å². The second-order valence-electron chi connectivity index (χ2n) is 15.3. The van der Waals surface area contributed by atoms with Gasteiger partial charge in [0, 0.05) is 46.0 Å². The van der Waals surface area contributed by atoms with Crippen molar-refractivity contribution >= 4 is 41.4 Å². The summed E-state index contributed by atoms with van der Waals surface area (Å²) in [6.45, 7) is 15.4. The number of carbonyl (C=O) groups excluding carboxylic acids is 7. The first-order chi connectivity index (χ1) is 24.2. The number of aliphatic hydroxyl groups excluding tert-OH is 1. The maximum Gasteiger partial charge on any atom is 0.302 e. The predicted octanol–water partition coefficient (Wildman–Crippen LogP) is 2.66. The fourth-order valence-electron chi connectivity index (χ4n) is 7.12. The van der Waals surface area contributed by atoms with Crippen molar-refractivity contribution in [2.24, 2.45) is 17.8 Å². The predicted molar refractivity (Wildman–Crippen MR) is 195 cm³/mol. The molecular formula is C38H63N5O9. The molecule has 2 aliphatic heterocycles. The molecule has 0 aromatic carbocycles. The minimum absolute atomic E-state index is 0.0117. The van der Waals surface area contributed by atoms with Gasteiger partial charge in [-0.1, -0.05) is 73.3 Å². The Morgan fingerprint density at radius 3 is 2.13 bits per heavy atom. The fraction of sp³-hybridized carbons (Fsp3) is 0.763. The van der Waals surface area contributed by atoms with Crippen LogP contribution in [0.15, 0.2) is 12.2 Å². The van der Waals surface area contributed by atoms with Gasteiger partial charge in [-0.3, -0.25) is 38.5 Å². The van der Waals surface area contributed by atoms with E-state index in [9.17, 15) is 38.7 Å². The highest BCUT2D eigenvalue weighted by Gasteiger charge is 2.48. The normalized spacial score (nSPS) is 21.5. The van der Waals surface area contributed by atoms with Gasteiger partial charge in [0.2, 0.25) is 23.6 Å². The van der Waals surface area contributed by atoms with Gasteiger partial charge in [0.05, 0.1) is 12.1 Å². The van der Waals surface area contributed by atoms with Gasteiger partial charge in [-0.2, -0.15) is 0 Å². The number of carbonyl (C=O) groups is 7. The quantitative estimate of drug-likeness (QED) is 0.122. The van der Waals surface area contributed by atoms with E-state index in [-0.39, 0.29) is 30.7 Å². The molecule has 52 heavy (non-hydrogen) atoms. The first-order valence-corrected chi connectivity index (χ1v) is 18.8. The van der Waals surface area contributed by atoms with Crippen molar-refractivity contribution in [2.75, 3.05) is 20.6 Å². The van der Waals surface area contributed by atoms with Crippen molar-refractivity contribution in [3.63, 3.8) is 0 Å². The summed E-state index contributed by atoms with van der Waals surface area (Å²) in [5.74, 6) is -4.76. The van der Waals surface area contributed by atoms with E-state index < -0.39 is 83.8 Å². The van der Waals surface area contributed by atoms with Crippen LogP contribution in [0.3, 0.4) is 0 Å². The second-order valence-corrected chi connectivity index (χ2v) is 15.3. The van der Waals surface area contributed by atoms with Crippen LogP contribution in [0.2, 0.25) is 0 Å². The molecule has 6 amide bonds. The molecule has 2 heterocycles. The smallest absolute Gasteiger partial charge is 0.302 e. The average Bonchev–Trinajstić information content (AvgIpc) is 3.62. The van der Waals surface area contributed by atoms with Crippen LogP contribution >= 0.6 is 0 Å². The van der Waals surface area contributed by atoms with Crippen LogP contribution < -0.4 is 5.32 Å². The molecule has 1 fully saturated rings. The van der Waals surface area contributed by atoms with Gasteiger partial charge in [-0.05, 0) is 38.5 Å². The number of esters is 1. The lowest BCUT2D eigenvalue weighted by Gasteiger charge is -2.38. The van der Waals surface area contributed by atoms with E-state index in [1.807, 2.05) is 20.8 Å². The molecule has 0 spiro atoms. The lowest BCUT2D eigenvalue weighted by atomic mass is 9.96. The highest BCUT2D eigenvalue weighted by molar-refractivity contribution is 6.06. The van der Waals surface area contributed by atoms with Gasteiger partial charge in [-0.25, -0.2) is 0 Å². The summed E-state index contributed by atoms with van der Waals surface area (Å²) >= 11 is 0. The van der Waals surface area contributed by atoms with Crippen molar-refractivity contribution in [1.82, 2.24) is 24.9 Å². The molecule has 8 atom stereocenters. The number of rotatable bonds is 18. The molecule has 0 radical (unpaired) electrons. The average molecular weight is 734 g/mol. The number of amides is 6. The molecule has 0 aromatic rings. The Bertz CT molecular complexity index is 1330. The van der Waals surface area contributed by atoms with Crippen molar-refractivity contribution < 1.29 is 43.4 Å². The number of β-amino-alcohol motifs (C(OH)–C–C–N with tert-alkyl or cyclic N) is 1. The van der Waals surface area contributed by atoms with E-state index >= 15 is 0 Å². The molecule has 1 saturated heterocycles. The number of ether oxygens (including phenoxy) is 1. The lowest BCUT2D eigenvalue weighted by Crippen LogP contribution is -2.62. The Hall–Kier alpha value is -3.81. The molecule has 2 aliphatic rings. The number of imide groups is 1. The monoisotopic (exact) mass is 733 g/mol. The molecule has 0 bridgehead atoms. The second kappa shape index (κ2) is 19.9. The lowest BCUT2D eigenvalue weighted by molar-refractivity contribution is -0.157. The summed E-state index contributed by atoms with van der Waals surface area (Å²) in [5.41, 5.74) is 0. The summed E-state index contributed by atoms with van der Waals surface area (Å²) in [7, 11) is 2.98. The SMILES string of the molecule is CCCCCC[C@@H](C)C(=O)N(C)[C@@H](CC(C)C)C(=O)N[C@H](C(=O)N(C)[C@H](C(=O)N1C[C@@H](O)C[C@H]1C(=O)N1C(=O)C=C[C@@H]1C)C(C)C)[C@@H](C)OC(C)=O. The zero-order chi connectivity index (χ0) is 39.6. The molecule has 2 rings (SSSR count). The molecule has 0 aliphatic carbocycles. The number of aliphatic hydroxyl groups is 1. The minimum atomic E-state index is -1.43. The van der Waals surface area contributed by atoms with Gasteiger partial charge < -0.3 is 29.9 Å². The molecule has 0 unspecified atom stereocenters. The van der Waals surface area contributed by atoms with Crippen LogP contribution in [0, 0.1) is 17.8 Å². The third kappa shape index (κ3) is 11.3. The Kier molecular flexibility index (Phi) is 16.9. The zero-order valence-electron chi connectivity index (χ0n) is 33.1. The Morgan fingerprint density at radius 1 is 0.981 bits per heavy atom. The van der Waals surface area contributed by atoms with E-state index in [0.717, 1.165) is 30.6 Å². The number of nitrogens with one attached hydrogen (secondary N) is 1. The molecule has 294 valence electrons. The number of unbranched alkanes of at least 4 members (excludes halogenated alkanes) is 3. The molecule has 14 heteroatoms. The fourth-order valence-corrected chi connectivity index (χ4v) is 7.12. The topological polar surface area (TPSA) is 174 Å². The number of hydrogen-bond donors (Lipinski definition) is 2. The Morgan fingerprint density at radius 2 is 1.62 bits per heavy atom. The third-order valence-corrected chi connectivity index (χ3v) is 10.0. The summed E-state index contributed by atoms with van der Waals surface area (Å²) < 4.78 is 5.40. The van der Waals surface area contributed by atoms with Gasteiger partial charge in [0.25, 0.3) is 11.8 Å². The number of hydrogen-bond acceptors (Lipinski definition) is 9. The highest BCUT2D eigenvalue weighted by atomic mass is 16.5. The van der Waals surface area contributed by atoms with Crippen LogP contribution in [0.1, 0.15) is 107 Å². The molecule has 2 N–H and O–H groups in total. The van der Waals surface area contributed by atoms with Gasteiger partial charge in [0.1, 0.15) is 30.3 Å². The van der Waals surface area contributed by atoms with Crippen molar-refractivity contribution in [1.29, 1.82) is 0 Å². The van der Waals surface area contributed by atoms with Crippen LogP contribution in [0.4, 0.5) is 0 Å². The standard InChI is InChI=1S/C38H63N5O9/c1-12-13-14-15-16-24(6)35(48)40(10)29(19-22(2)3)34(47)39-32(26(8)52-27(9)44)37(50)41(11)33(23(4)5)38(51)42-21-28(45)20-30(42)36(49)43-25(7)17-18-31(43)46/h17-18,22-26,28-30,32-33,45H,12-16,19-21H2,1-11H3,(H,39,47)/t24-,25+,26-,28+,29+,30+,32+,33+/m1/s1. The van der Waals surface area contributed by atoms with E-state index in [0.29, 0.717) is 12.8 Å². The molecule has 14 nitrogen and oxygen atoms in total. The van der Waals surface area contributed by atoms with Crippen molar-refractivity contribution in [3.8, 4) is 0 Å². The largest absolute Gasteiger partial charge is 0.460 e. The third-order valence-electron chi connectivity index (χ3n) is 10.0. The number of likely N-dealkylation sites (N-methyl/N-ethyl adjacent to an activating group) is 2. The van der Waals surface area contributed by atoms with Gasteiger partial charge in [-0.15, -0.1) is 0 Å². The van der Waals surface area contributed by atoms with Crippen LogP contribution in [0.25, 0.3) is 0 Å². The van der Waals surface area contributed by atoms with Gasteiger partial charge in [0.15, 0.2) is 0 Å². The zero-order valence-corrected chi connectivity index (χ0v) is 33.1. The highest BCUT2D eigenvalue weighted by Crippen LogP contribution is 2.27. The number of likely N-dealkylation sites (tertiary alicyclic amines) is 1. The summed E-state index contributed by atoms with van der Waals surface area (Å²) in [6.07, 6.45) is 5.67. The maximum atomic E-state index is 14.4. The van der Waals surface area contributed by atoms with Crippen LogP contribution in [0.5, 0.6) is 0 Å². The molecular weight excluding hydrogens is 670 g/mol. The Balaban J connectivity index is 2.40. The summed E-state index contributed by atoms with van der Waals surface area (Å²) in [6, 6.07) is -5.17. The maximum absolute atomic E-state index is 14.4. The number of nitrogens with zero attached hydrogens (tertiary/aromatic N) is 4. The van der Waals surface area contributed by atoms with E-state index in [4.69, 9.17) is 4.74 Å². The van der Waals surface area contributed by atoms with Crippen molar-refractivity contribution in [2.45, 2.75) is 150 Å². The van der Waals surface area contributed by atoms with Crippen LogP contribution in [-0.2, 0) is 38.3 Å². The van der Waals surface area contributed by atoms with Crippen LogP contribution in [-0.4, -0.2) is 129 Å². The molecule has 0 saturated carbocycles. The minimum Gasteiger partial charge on any atom is -0.460 e. The van der Waals surface area contributed by atoms with E-state index in [2.05, 4.69) is 12.2 Å². The van der Waals surface area contributed by atoms with E-state index in [1.165, 1.54) is 41.7 Å². The molecule has 0 aromatic heterocycles. The first-order valence-electron chi connectivity index (χ1n) is 18.8. The summed E-state index contributed by atoms with van der Waals surface area (Å²) in [4.78, 5) is 99.2. The summed E-state index contributed by atoms with van der Waals surface area (Å²) in [5, 5.41) is 13.3. The Labute approximate surface area is 309 Å². The van der Waals surface area contributed by atoms with Crippen molar-refractivity contribution in [3.05, 3.63) is 12.2 Å². The first kappa shape index (κ1) is 44.4. The van der Waals surface area contributed by atoms with E-state index in [1.54, 1.807) is 33.9 Å².